The number of aryl methyl sites for hydroxylation is 4. The molecule has 0 aliphatic heterocycles. The summed E-state index contributed by atoms with van der Waals surface area (Å²) in [7, 11) is -3.72. The molecule has 0 bridgehead atoms. The van der Waals surface area contributed by atoms with Crippen LogP contribution in [0.3, 0.4) is 0 Å². The van der Waals surface area contributed by atoms with Gasteiger partial charge in [0.15, 0.2) is 5.13 Å². The van der Waals surface area contributed by atoms with Crippen molar-refractivity contribution in [3.8, 4) is 0 Å². The number of aromatic nitrogens is 1. The molecule has 1 heterocycles. The number of rotatable bonds is 4. The molecule has 21 heavy (non-hydrogen) atoms. The number of anilines is 2. The van der Waals surface area contributed by atoms with Gasteiger partial charge in [-0.2, -0.15) is 0 Å². The van der Waals surface area contributed by atoms with E-state index >= 15 is 0 Å². The van der Waals surface area contributed by atoms with E-state index in [4.69, 9.17) is 5.73 Å². The summed E-state index contributed by atoms with van der Waals surface area (Å²) in [6.45, 7) is 7.67. The van der Waals surface area contributed by atoms with E-state index in [0.29, 0.717) is 5.13 Å². The van der Waals surface area contributed by atoms with Crippen LogP contribution in [0.5, 0.6) is 0 Å². The lowest BCUT2D eigenvalue weighted by atomic mass is 10.1. The lowest BCUT2D eigenvalue weighted by Crippen LogP contribution is -2.15. The van der Waals surface area contributed by atoms with E-state index in [1.807, 2.05) is 27.7 Å². The lowest BCUT2D eigenvalue weighted by Gasteiger charge is -2.10. The molecule has 0 spiro atoms. The zero-order chi connectivity index (χ0) is 15.8. The molecule has 0 aliphatic carbocycles. The number of benzene rings is 1. The highest BCUT2D eigenvalue weighted by Gasteiger charge is 2.20. The van der Waals surface area contributed by atoms with Crippen molar-refractivity contribution in [2.75, 3.05) is 10.5 Å². The smallest absolute Gasteiger partial charge is 0.265 e. The highest BCUT2D eigenvalue weighted by Crippen LogP contribution is 2.28. The van der Waals surface area contributed by atoms with Crippen molar-refractivity contribution in [1.29, 1.82) is 0 Å². The third-order valence-electron chi connectivity index (χ3n) is 3.36. The summed E-state index contributed by atoms with van der Waals surface area (Å²) in [4.78, 5) is 5.41. The monoisotopic (exact) mass is 325 g/mol. The van der Waals surface area contributed by atoms with Gasteiger partial charge in [-0.25, -0.2) is 13.4 Å². The first-order valence-corrected chi connectivity index (χ1v) is 8.90. The summed E-state index contributed by atoms with van der Waals surface area (Å²) < 4.78 is 27.5. The SMILES string of the molecule is CCc1nc(NS(=O)(=O)c2cc(C)c(C)cc2N)sc1C. The van der Waals surface area contributed by atoms with Gasteiger partial charge in [0.2, 0.25) is 0 Å². The number of sulfonamides is 1. The van der Waals surface area contributed by atoms with Gasteiger partial charge >= 0.3 is 0 Å². The normalized spacial score (nSPS) is 11.6. The summed E-state index contributed by atoms with van der Waals surface area (Å²) in [5.74, 6) is 0. The minimum atomic E-state index is -3.72. The molecule has 3 N–H and O–H groups in total. The van der Waals surface area contributed by atoms with E-state index in [1.165, 1.54) is 11.3 Å². The van der Waals surface area contributed by atoms with Crippen molar-refractivity contribution >= 4 is 32.2 Å². The van der Waals surface area contributed by atoms with E-state index in [2.05, 4.69) is 9.71 Å². The van der Waals surface area contributed by atoms with Crippen LogP contribution in [0, 0.1) is 20.8 Å². The Bertz CT molecular complexity index is 780. The number of nitrogens with zero attached hydrogens (tertiary/aromatic N) is 1. The summed E-state index contributed by atoms with van der Waals surface area (Å²) in [6.07, 6.45) is 0.774. The van der Waals surface area contributed by atoms with E-state index < -0.39 is 10.0 Å². The molecule has 0 saturated carbocycles. The average molecular weight is 325 g/mol. The third kappa shape index (κ3) is 3.19. The van der Waals surface area contributed by atoms with E-state index in [0.717, 1.165) is 28.1 Å². The molecule has 0 aliphatic rings. The molecule has 0 unspecified atom stereocenters. The molecule has 0 radical (unpaired) electrons. The Morgan fingerprint density at radius 3 is 2.43 bits per heavy atom. The molecule has 0 amide bonds. The van der Waals surface area contributed by atoms with Crippen LogP contribution in [0.4, 0.5) is 10.8 Å². The summed E-state index contributed by atoms with van der Waals surface area (Å²) >= 11 is 1.33. The number of hydrogen-bond acceptors (Lipinski definition) is 5. The van der Waals surface area contributed by atoms with Crippen LogP contribution < -0.4 is 10.5 Å². The largest absolute Gasteiger partial charge is 0.398 e. The predicted octanol–water partition coefficient (Wildman–Crippen LogP) is 3.01. The zero-order valence-corrected chi connectivity index (χ0v) is 14.2. The molecule has 2 rings (SSSR count). The number of nitrogen functional groups attached to an aromatic ring is 1. The third-order valence-corrected chi connectivity index (χ3v) is 5.82. The highest BCUT2D eigenvalue weighted by molar-refractivity contribution is 7.93. The molecule has 5 nitrogen and oxygen atoms in total. The van der Waals surface area contributed by atoms with Crippen LogP contribution in [-0.4, -0.2) is 13.4 Å². The second kappa shape index (κ2) is 5.65. The fourth-order valence-corrected chi connectivity index (χ4v) is 4.35. The summed E-state index contributed by atoms with van der Waals surface area (Å²) in [5.41, 5.74) is 8.85. The first kappa shape index (κ1) is 15.8. The Labute approximate surface area is 129 Å². The molecular weight excluding hydrogens is 306 g/mol. The van der Waals surface area contributed by atoms with Crippen molar-refractivity contribution in [2.24, 2.45) is 0 Å². The maximum Gasteiger partial charge on any atom is 0.265 e. The Balaban J connectivity index is 2.40. The van der Waals surface area contributed by atoms with Gasteiger partial charge in [0.1, 0.15) is 4.90 Å². The fourth-order valence-electron chi connectivity index (χ4n) is 2.01. The number of nitrogens with two attached hydrogens (primary N) is 1. The second-order valence-electron chi connectivity index (χ2n) is 4.96. The van der Waals surface area contributed by atoms with Crippen LogP contribution >= 0.6 is 11.3 Å². The maximum absolute atomic E-state index is 12.5. The van der Waals surface area contributed by atoms with Crippen molar-refractivity contribution in [3.63, 3.8) is 0 Å². The summed E-state index contributed by atoms with van der Waals surface area (Å²) in [6, 6.07) is 3.27. The molecule has 1 aromatic carbocycles. The van der Waals surface area contributed by atoms with Gasteiger partial charge in [-0.05, 0) is 50.5 Å². The average Bonchev–Trinajstić information content (AvgIpc) is 2.72. The fraction of sp³-hybridized carbons (Fsp3) is 0.357. The Hall–Kier alpha value is -1.60. The van der Waals surface area contributed by atoms with Crippen molar-refractivity contribution in [1.82, 2.24) is 4.98 Å². The number of nitrogens with one attached hydrogen (secondary N) is 1. The Morgan fingerprint density at radius 2 is 1.86 bits per heavy atom. The topological polar surface area (TPSA) is 85.1 Å². The molecule has 2 aromatic rings. The quantitative estimate of drug-likeness (QED) is 0.846. The van der Waals surface area contributed by atoms with Crippen LogP contribution in [0.25, 0.3) is 0 Å². The second-order valence-corrected chi connectivity index (χ2v) is 7.81. The number of thiazole rings is 1. The molecule has 0 fully saturated rings. The van der Waals surface area contributed by atoms with E-state index in [9.17, 15) is 8.42 Å². The minimum Gasteiger partial charge on any atom is -0.398 e. The molecule has 0 atom stereocenters. The van der Waals surface area contributed by atoms with Crippen LogP contribution in [-0.2, 0) is 16.4 Å². The molecule has 114 valence electrons. The predicted molar refractivity (Wildman–Crippen MR) is 87.4 cm³/mol. The van der Waals surface area contributed by atoms with Crippen molar-refractivity contribution in [3.05, 3.63) is 33.8 Å². The van der Waals surface area contributed by atoms with Gasteiger partial charge in [-0.1, -0.05) is 6.92 Å². The molecule has 1 aromatic heterocycles. The van der Waals surface area contributed by atoms with Gasteiger partial charge in [0.25, 0.3) is 10.0 Å². The first-order valence-electron chi connectivity index (χ1n) is 6.60. The van der Waals surface area contributed by atoms with Crippen LogP contribution in [0.1, 0.15) is 28.6 Å². The molecule has 7 heteroatoms. The van der Waals surface area contributed by atoms with Crippen molar-refractivity contribution < 1.29 is 8.42 Å². The lowest BCUT2D eigenvalue weighted by molar-refractivity contribution is 0.601. The minimum absolute atomic E-state index is 0.0940. The standard InChI is InChI=1S/C14H19N3O2S2/c1-5-12-10(4)20-14(16-12)17-21(18,19)13-7-9(3)8(2)6-11(13)15/h6-7H,5,15H2,1-4H3,(H,16,17). The van der Waals surface area contributed by atoms with Gasteiger partial charge in [0.05, 0.1) is 11.4 Å². The van der Waals surface area contributed by atoms with Gasteiger partial charge in [-0.15, -0.1) is 11.3 Å². The van der Waals surface area contributed by atoms with E-state index in [1.54, 1.807) is 12.1 Å². The van der Waals surface area contributed by atoms with Gasteiger partial charge < -0.3 is 5.73 Å². The number of hydrogen-bond donors (Lipinski definition) is 2. The van der Waals surface area contributed by atoms with E-state index in [-0.39, 0.29) is 10.6 Å². The zero-order valence-electron chi connectivity index (χ0n) is 12.5. The van der Waals surface area contributed by atoms with Gasteiger partial charge in [0, 0.05) is 4.88 Å². The van der Waals surface area contributed by atoms with Crippen molar-refractivity contribution in [2.45, 2.75) is 39.0 Å². The van der Waals surface area contributed by atoms with Crippen LogP contribution in [0.2, 0.25) is 0 Å². The highest BCUT2D eigenvalue weighted by atomic mass is 32.2. The maximum atomic E-state index is 12.5. The molecular formula is C14H19N3O2S2. The van der Waals surface area contributed by atoms with Gasteiger partial charge in [-0.3, -0.25) is 4.72 Å². The first-order chi connectivity index (χ1) is 9.74. The molecule has 0 saturated heterocycles. The Morgan fingerprint density at radius 1 is 1.24 bits per heavy atom. The Kier molecular flexibility index (Phi) is 4.25. The summed E-state index contributed by atoms with van der Waals surface area (Å²) in [5, 5.41) is 0.377. The van der Waals surface area contributed by atoms with Crippen LogP contribution in [0.15, 0.2) is 17.0 Å².